The van der Waals surface area contributed by atoms with Crippen LogP contribution in [0.5, 0.6) is 0 Å². The zero-order chi connectivity index (χ0) is 14.9. The molecule has 2 saturated heterocycles. The molecular weight excluding hydrogens is 284 g/mol. The summed E-state index contributed by atoms with van der Waals surface area (Å²) in [6.45, 7) is 2.84. The highest BCUT2D eigenvalue weighted by Gasteiger charge is 2.40. The summed E-state index contributed by atoms with van der Waals surface area (Å²) in [5, 5.41) is 9.19. The van der Waals surface area contributed by atoms with Crippen LogP contribution in [0.4, 0.5) is 0 Å². The first-order valence-electron chi connectivity index (χ1n) is 6.85. The van der Waals surface area contributed by atoms with Crippen molar-refractivity contribution in [3.8, 4) is 0 Å². The van der Waals surface area contributed by atoms with Crippen LogP contribution in [0.3, 0.4) is 0 Å². The van der Waals surface area contributed by atoms with Crippen molar-refractivity contribution >= 4 is 15.9 Å². The van der Waals surface area contributed by atoms with Gasteiger partial charge in [-0.25, -0.2) is 8.42 Å². The second-order valence-electron chi connectivity index (χ2n) is 5.53. The number of ether oxygens (including phenoxy) is 1. The fourth-order valence-corrected chi connectivity index (χ4v) is 4.04. The van der Waals surface area contributed by atoms with Gasteiger partial charge < -0.3 is 14.7 Å². The van der Waals surface area contributed by atoms with E-state index < -0.39 is 22.2 Å². The lowest BCUT2D eigenvalue weighted by atomic mass is 10.1. The number of rotatable bonds is 3. The van der Waals surface area contributed by atoms with Crippen LogP contribution in [0.25, 0.3) is 0 Å². The highest BCUT2D eigenvalue weighted by molar-refractivity contribution is 7.88. The fourth-order valence-electron chi connectivity index (χ4n) is 2.92. The number of carbonyl (C=O) groups is 1. The fraction of sp³-hybridized carbons (Fsp3) is 0.917. The third kappa shape index (κ3) is 3.30. The standard InChI is InChI=1S/C12H22N2O5S/c1-9-6-13(7-10(8-15)19-9)12(16)11-4-3-5-14(11)20(2,17)18/h9-11,15H,3-8H2,1-2H3. The normalized spacial score (nSPS) is 32.5. The summed E-state index contributed by atoms with van der Waals surface area (Å²) in [5.74, 6) is -0.179. The lowest BCUT2D eigenvalue weighted by molar-refractivity contribution is -0.150. The first-order valence-corrected chi connectivity index (χ1v) is 8.69. The van der Waals surface area contributed by atoms with Crippen molar-refractivity contribution in [2.24, 2.45) is 0 Å². The minimum Gasteiger partial charge on any atom is -0.394 e. The van der Waals surface area contributed by atoms with E-state index in [1.165, 1.54) is 4.31 Å². The molecule has 0 aromatic rings. The quantitative estimate of drug-likeness (QED) is 0.724. The summed E-state index contributed by atoms with van der Waals surface area (Å²) in [6, 6.07) is -0.602. The smallest absolute Gasteiger partial charge is 0.241 e. The zero-order valence-corrected chi connectivity index (χ0v) is 12.7. The Morgan fingerprint density at radius 3 is 2.70 bits per heavy atom. The van der Waals surface area contributed by atoms with E-state index in [0.717, 1.165) is 6.26 Å². The van der Waals surface area contributed by atoms with Gasteiger partial charge in [0, 0.05) is 19.6 Å². The van der Waals surface area contributed by atoms with Crippen molar-refractivity contribution in [2.75, 3.05) is 32.5 Å². The number of aliphatic hydroxyl groups is 1. The molecule has 1 N–H and O–H groups in total. The Kier molecular flexibility index (Phi) is 4.68. The molecule has 0 bridgehead atoms. The lowest BCUT2D eigenvalue weighted by Gasteiger charge is -2.38. The summed E-state index contributed by atoms with van der Waals surface area (Å²) in [5.41, 5.74) is 0. The SMILES string of the molecule is CC1CN(C(=O)C2CCCN2S(C)(=O)=O)CC(CO)O1. The second-order valence-corrected chi connectivity index (χ2v) is 7.46. The average Bonchev–Trinajstić information content (AvgIpc) is 2.86. The summed E-state index contributed by atoms with van der Waals surface area (Å²) in [7, 11) is -3.36. The number of hydrogen-bond acceptors (Lipinski definition) is 5. The predicted octanol–water partition coefficient (Wildman–Crippen LogP) is -0.981. The largest absolute Gasteiger partial charge is 0.394 e. The van der Waals surface area contributed by atoms with Crippen molar-refractivity contribution in [3.05, 3.63) is 0 Å². The summed E-state index contributed by atoms with van der Waals surface area (Å²) in [6.07, 6.45) is 1.85. The Labute approximate surface area is 119 Å². The van der Waals surface area contributed by atoms with Crippen LogP contribution in [-0.2, 0) is 19.6 Å². The molecule has 2 fully saturated rings. The van der Waals surface area contributed by atoms with E-state index in [2.05, 4.69) is 0 Å². The van der Waals surface area contributed by atoms with Gasteiger partial charge in [0.05, 0.1) is 25.1 Å². The first kappa shape index (κ1) is 15.7. The van der Waals surface area contributed by atoms with E-state index in [1.54, 1.807) is 4.90 Å². The summed E-state index contributed by atoms with van der Waals surface area (Å²) in [4.78, 5) is 14.2. The summed E-state index contributed by atoms with van der Waals surface area (Å²) >= 11 is 0. The van der Waals surface area contributed by atoms with Gasteiger partial charge in [-0.15, -0.1) is 0 Å². The van der Waals surface area contributed by atoms with E-state index in [9.17, 15) is 18.3 Å². The first-order chi connectivity index (χ1) is 9.32. The lowest BCUT2D eigenvalue weighted by Crippen LogP contribution is -2.55. The zero-order valence-electron chi connectivity index (χ0n) is 11.9. The van der Waals surface area contributed by atoms with Crippen LogP contribution in [-0.4, -0.2) is 79.4 Å². The molecule has 1 amide bonds. The van der Waals surface area contributed by atoms with E-state index in [-0.39, 0.29) is 18.6 Å². The van der Waals surface area contributed by atoms with Crippen LogP contribution in [0.1, 0.15) is 19.8 Å². The average molecular weight is 306 g/mol. The molecule has 2 aliphatic heterocycles. The molecule has 2 aliphatic rings. The molecule has 2 rings (SSSR count). The van der Waals surface area contributed by atoms with Crippen molar-refractivity contribution in [3.63, 3.8) is 0 Å². The molecule has 8 heteroatoms. The van der Waals surface area contributed by atoms with Crippen LogP contribution < -0.4 is 0 Å². The third-order valence-corrected chi connectivity index (χ3v) is 5.05. The molecule has 3 atom stereocenters. The van der Waals surface area contributed by atoms with Crippen molar-refractivity contribution < 1.29 is 23.1 Å². The van der Waals surface area contributed by atoms with Crippen molar-refractivity contribution in [1.82, 2.24) is 9.21 Å². The molecule has 0 radical (unpaired) electrons. The van der Waals surface area contributed by atoms with Gasteiger partial charge in [-0.3, -0.25) is 4.79 Å². The number of nitrogens with zero attached hydrogens (tertiary/aromatic N) is 2. The highest BCUT2D eigenvalue weighted by Crippen LogP contribution is 2.23. The van der Waals surface area contributed by atoms with Crippen LogP contribution in [0, 0.1) is 0 Å². The number of hydrogen-bond donors (Lipinski definition) is 1. The molecule has 20 heavy (non-hydrogen) atoms. The highest BCUT2D eigenvalue weighted by atomic mass is 32.2. The molecule has 3 unspecified atom stereocenters. The maximum absolute atomic E-state index is 12.5. The molecule has 0 spiro atoms. The minimum absolute atomic E-state index is 0.144. The molecule has 0 saturated carbocycles. The molecule has 7 nitrogen and oxygen atoms in total. The van der Waals surface area contributed by atoms with Gasteiger partial charge in [0.25, 0.3) is 0 Å². The monoisotopic (exact) mass is 306 g/mol. The number of amides is 1. The van der Waals surface area contributed by atoms with Gasteiger partial charge in [-0.05, 0) is 19.8 Å². The summed E-state index contributed by atoms with van der Waals surface area (Å²) < 4.78 is 30.2. The third-order valence-electron chi connectivity index (χ3n) is 3.76. The molecule has 116 valence electrons. The van der Waals surface area contributed by atoms with Gasteiger partial charge >= 0.3 is 0 Å². The Morgan fingerprint density at radius 2 is 2.10 bits per heavy atom. The van der Waals surface area contributed by atoms with Gasteiger partial charge in [0.2, 0.25) is 15.9 Å². The topological polar surface area (TPSA) is 87.2 Å². The Hall–Kier alpha value is -0.700. The van der Waals surface area contributed by atoms with Crippen LogP contribution in [0.15, 0.2) is 0 Å². The Balaban J connectivity index is 2.10. The maximum atomic E-state index is 12.5. The Bertz CT molecular complexity index is 466. The molecule has 0 aromatic carbocycles. The number of morpholine rings is 1. The predicted molar refractivity (Wildman–Crippen MR) is 72.6 cm³/mol. The van der Waals surface area contributed by atoms with E-state index in [0.29, 0.717) is 32.5 Å². The number of sulfonamides is 1. The molecule has 2 heterocycles. The maximum Gasteiger partial charge on any atom is 0.241 e. The van der Waals surface area contributed by atoms with Gasteiger partial charge in [-0.1, -0.05) is 0 Å². The van der Waals surface area contributed by atoms with Crippen molar-refractivity contribution in [1.29, 1.82) is 0 Å². The Morgan fingerprint density at radius 1 is 1.40 bits per heavy atom. The number of carbonyl (C=O) groups excluding carboxylic acids is 1. The van der Waals surface area contributed by atoms with Crippen molar-refractivity contribution in [2.45, 2.75) is 38.0 Å². The van der Waals surface area contributed by atoms with E-state index in [4.69, 9.17) is 4.74 Å². The molecular formula is C12H22N2O5S. The molecule has 0 aromatic heterocycles. The van der Waals surface area contributed by atoms with E-state index in [1.807, 2.05) is 6.92 Å². The number of aliphatic hydroxyl groups excluding tert-OH is 1. The van der Waals surface area contributed by atoms with Crippen LogP contribution in [0.2, 0.25) is 0 Å². The minimum atomic E-state index is -3.36. The van der Waals surface area contributed by atoms with Gasteiger partial charge in [0.1, 0.15) is 6.04 Å². The second kappa shape index (κ2) is 5.97. The van der Waals surface area contributed by atoms with Crippen LogP contribution >= 0.6 is 0 Å². The van der Waals surface area contributed by atoms with E-state index >= 15 is 0 Å². The molecule has 0 aliphatic carbocycles. The van der Waals surface area contributed by atoms with Gasteiger partial charge in [-0.2, -0.15) is 4.31 Å². The van der Waals surface area contributed by atoms with Gasteiger partial charge in [0.15, 0.2) is 0 Å².